The highest BCUT2D eigenvalue weighted by Crippen LogP contribution is 2.42. The summed E-state index contributed by atoms with van der Waals surface area (Å²) in [6.45, 7) is 4.34. The molecule has 0 atom stereocenters. The number of rotatable bonds is 4. The van der Waals surface area contributed by atoms with Gasteiger partial charge < -0.3 is 11.1 Å². The van der Waals surface area contributed by atoms with E-state index in [9.17, 15) is 4.79 Å². The van der Waals surface area contributed by atoms with E-state index in [1.807, 2.05) is 25.6 Å². The minimum atomic E-state index is -0.252. The number of aromatic amines is 1. The Kier molecular flexibility index (Phi) is 3.19. The number of carbonyl (C=O) groups excluding carboxylic acids is 1. The van der Waals surface area contributed by atoms with Crippen LogP contribution in [0.5, 0.6) is 0 Å². The lowest BCUT2D eigenvalue weighted by Gasteiger charge is -2.05. The van der Waals surface area contributed by atoms with Crippen molar-refractivity contribution in [3.63, 3.8) is 0 Å². The summed E-state index contributed by atoms with van der Waals surface area (Å²) in [6, 6.07) is 0. The first-order chi connectivity index (χ1) is 9.99. The van der Waals surface area contributed by atoms with Crippen molar-refractivity contribution in [3.8, 4) is 0 Å². The summed E-state index contributed by atoms with van der Waals surface area (Å²) in [5, 5.41) is 14.1. The van der Waals surface area contributed by atoms with Gasteiger partial charge in [0.1, 0.15) is 0 Å². The summed E-state index contributed by atoms with van der Waals surface area (Å²) >= 11 is 0. The summed E-state index contributed by atoms with van der Waals surface area (Å²) in [6.07, 6.45) is 2.23. The fraction of sp³-hybridized carbons (Fsp3) is 0.500. The number of carbonyl (C=O) groups is 1. The van der Waals surface area contributed by atoms with E-state index in [1.54, 1.807) is 0 Å². The number of nitrogens with zero attached hydrogens (tertiary/aromatic N) is 3. The van der Waals surface area contributed by atoms with Gasteiger partial charge in [-0.3, -0.25) is 14.6 Å². The lowest BCUT2D eigenvalue weighted by atomic mass is 10.2. The van der Waals surface area contributed by atoms with Crippen LogP contribution in [0.2, 0.25) is 0 Å². The fourth-order valence-electron chi connectivity index (χ4n) is 2.55. The number of amides is 1. The van der Waals surface area contributed by atoms with Crippen LogP contribution in [0, 0.1) is 13.8 Å². The number of anilines is 1. The zero-order valence-electron chi connectivity index (χ0n) is 12.5. The first kappa shape index (κ1) is 13.7. The van der Waals surface area contributed by atoms with Crippen molar-refractivity contribution in [3.05, 3.63) is 28.3 Å². The van der Waals surface area contributed by atoms with Gasteiger partial charge >= 0.3 is 0 Å². The average Bonchev–Trinajstić information content (AvgIpc) is 3.16. The predicted octanol–water partition coefficient (Wildman–Crippen LogP) is 1.15. The molecule has 0 bridgehead atoms. The maximum atomic E-state index is 12.2. The molecule has 1 aliphatic carbocycles. The van der Waals surface area contributed by atoms with E-state index < -0.39 is 0 Å². The number of hydrogen-bond acceptors (Lipinski definition) is 4. The molecule has 2 aromatic heterocycles. The van der Waals surface area contributed by atoms with Crippen molar-refractivity contribution in [2.75, 3.05) is 5.73 Å². The van der Waals surface area contributed by atoms with Gasteiger partial charge in [0.15, 0.2) is 5.69 Å². The summed E-state index contributed by atoms with van der Waals surface area (Å²) in [4.78, 5) is 12.2. The number of nitrogen functional groups attached to an aromatic ring is 1. The fourth-order valence-corrected chi connectivity index (χ4v) is 2.55. The Morgan fingerprint density at radius 1 is 1.48 bits per heavy atom. The van der Waals surface area contributed by atoms with E-state index in [1.165, 1.54) is 0 Å². The van der Waals surface area contributed by atoms with E-state index in [-0.39, 0.29) is 11.6 Å². The molecule has 1 fully saturated rings. The van der Waals surface area contributed by atoms with Crippen molar-refractivity contribution in [1.29, 1.82) is 0 Å². The number of nitrogens with one attached hydrogen (secondary N) is 2. The monoisotopic (exact) mass is 288 g/mol. The van der Waals surface area contributed by atoms with Gasteiger partial charge in [0.25, 0.3) is 5.91 Å². The molecule has 112 valence electrons. The second-order valence-corrected chi connectivity index (χ2v) is 5.63. The Morgan fingerprint density at radius 3 is 2.76 bits per heavy atom. The average molecular weight is 288 g/mol. The van der Waals surface area contributed by atoms with Crippen LogP contribution in [0.4, 0.5) is 5.69 Å². The summed E-state index contributed by atoms with van der Waals surface area (Å²) in [7, 11) is 1.89. The van der Waals surface area contributed by atoms with E-state index in [0.29, 0.717) is 18.2 Å². The third-order valence-electron chi connectivity index (χ3n) is 4.12. The molecule has 1 aliphatic rings. The maximum absolute atomic E-state index is 12.2. The molecule has 1 saturated carbocycles. The van der Waals surface area contributed by atoms with Gasteiger partial charge in [0, 0.05) is 30.8 Å². The van der Waals surface area contributed by atoms with E-state index in [2.05, 4.69) is 20.6 Å². The zero-order valence-corrected chi connectivity index (χ0v) is 12.5. The molecule has 2 heterocycles. The van der Waals surface area contributed by atoms with Crippen LogP contribution in [0.1, 0.15) is 51.9 Å². The van der Waals surface area contributed by atoms with Crippen LogP contribution in [-0.2, 0) is 13.6 Å². The lowest BCUT2D eigenvalue weighted by Crippen LogP contribution is -2.24. The smallest absolute Gasteiger partial charge is 0.274 e. The molecule has 0 aromatic carbocycles. The van der Waals surface area contributed by atoms with Crippen LogP contribution < -0.4 is 11.1 Å². The van der Waals surface area contributed by atoms with Gasteiger partial charge in [-0.1, -0.05) is 0 Å². The van der Waals surface area contributed by atoms with E-state index >= 15 is 0 Å². The van der Waals surface area contributed by atoms with Crippen LogP contribution in [0.15, 0.2) is 0 Å². The standard InChI is InChI=1S/C14H20N6O/c1-7-10(8(2)20(3)19-7)6-16-14(21)13-11(15)12(17-18-13)9-4-5-9/h9H,4-6,15H2,1-3H3,(H,16,21)(H,17,18). The minimum absolute atomic E-state index is 0.252. The molecule has 7 nitrogen and oxygen atoms in total. The Morgan fingerprint density at radius 2 is 2.19 bits per heavy atom. The highest BCUT2D eigenvalue weighted by atomic mass is 16.1. The molecule has 21 heavy (non-hydrogen) atoms. The molecule has 0 unspecified atom stereocenters. The van der Waals surface area contributed by atoms with Crippen LogP contribution in [0.3, 0.4) is 0 Å². The first-order valence-electron chi connectivity index (χ1n) is 7.10. The van der Waals surface area contributed by atoms with Crippen molar-refractivity contribution in [1.82, 2.24) is 25.3 Å². The Balaban J connectivity index is 1.72. The highest BCUT2D eigenvalue weighted by Gasteiger charge is 2.30. The highest BCUT2D eigenvalue weighted by molar-refractivity contribution is 5.97. The third kappa shape index (κ3) is 2.39. The first-order valence-corrected chi connectivity index (χ1v) is 7.10. The van der Waals surface area contributed by atoms with Gasteiger partial charge in [-0.25, -0.2) is 0 Å². The van der Waals surface area contributed by atoms with Gasteiger partial charge in [0.05, 0.1) is 17.1 Å². The third-order valence-corrected chi connectivity index (χ3v) is 4.12. The minimum Gasteiger partial charge on any atom is -0.395 e. The van der Waals surface area contributed by atoms with E-state index in [0.717, 1.165) is 35.5 Å². The summed E-state index contributed by atoms with van der Waals surface area (Å²) in [5.74, 6) is 0.195. The number of aromatic nitrogens is 4. The molecular formula is C14H20N6O. The summed E-state index contributed by atoms with van der Waals surface area (Å²) in [5.41, 5.74) is 10.7. The molecule has 2 aromatic rings. The quantitative estimate of drug-likeness (QED) is 0.785. The Hall–Kier alpha value is -2.31. The number of hydrogen-bond donors (Lipinski definition) is 3. The molecule has 0 spiro atoms. The van der Waals surface area contributed by atoms with Crippen molar-refractivity contribution in [2.45, 2.75) is 39.2 Å². The molecule has 0 radical (unpaired) electrons. The van der Waals surface area contributed by atoms with Crippen molar-refractivity contribution >= 4 is 11.6 Å². The topological polar surface area (TPSA) is 102 Å². The molecule has 7 heteroatoms. The van der Waals surface area contributed by atoms with Crippen molar-refractivity contribution in [2.24, 2.45) is 7.05 Å². The van der Waals surface area contributed by atoms with Crippen LogP contribution in [0.25, 0.3) is 0 Å². The largest absolute Gasteiger partial charge is 0.395 e. The number of H-pyrrole nitrogens is 1. The van der Waals surface area contributed by atoms with E-state index in [4.69, 9.17) is 5.73 Å². The SMILES string of the molecule is Cc1nn(C)c(C)c1CNC(=O)c1n[nH]c(C2CC2)c1N. The second kappa shape index (κ2) is 4.91. The van der Waals surface area contributed by atoms with Crippen LogP contribution >= 0.6 is 0 Å². The zero-order chi connectivity index (χ0) is 15.1. The number of nitrogens with two attached hydrogens (primary N) is 1. The van der Waals surface area contributed by atoms with Crippen molar-refractivity contribution < 1.29 is 4.79 Å². The molecular weight excluding hydrogens is 268 g/mol. The Bertz CT molecular complexity index is 695. The lowest BCUT2D eigenvalue weighted by molar-refractivity contribution is 0.0946. The molecule has 0 saturated heterocycles. The van der Waals surface area contributed by atoms with Gasteiger partial charge in [0.2, 0.25) is 0 Å². The predicted molar refractivity (Wildman–Crippen MR) is 78.8 cm³/mol. The number of aryl methyl sites for hydroxylation is 2. The molecule has 4 N–H and O–H groups in total. The second-order valence-electron chi connectivity index (χ2n) is 5.63. The molecule has 1 amide bonds. The summed E-state index contributed by atoms with van der Waals surface area (Å²) < 4.78 is 1.81. The maximum Gasteiger partial charge on any atom is 0.274 e. The Labute approximate surface area is 122 Å². The molecule has 0 aliphatic heterocycles. The normalized spacial score (nSPS) is 14.4. The molecule has 3 rings (SSSR count). The van der Waals surface area contributed by atoms with Gasteiger partial charge in [-0.2, -0.15) is 10.2 Å². The van der Waals surface area contributed by atoms with Crippen LogP contribution in [-0.4, -0.2) is 25.9 Å². The van der Waals surface area contributed by atoms with Gasteiger partial charge in [-0.05, 0) is 26.7 Å². The van der Waals surface area contributed by atoms with Gasteiger partial charge in [-0.15, -0.1) is 0 Å².